The van der Waals surface area contributed by atoms with Crippen molar-refractivity contribution >= 4 is 33.8 Å². The topological polar surface area (TPSA) is 55.1 Å². The van der Waals surface area contributed by atoms with E-state index in [1.807, 2.05) is 13.0 Å². The summed E-state index contributed by atoms with van der Waals surface area (Å²) in [6.07, 6.45) is 2.56. The van der Waals surface area contributed by atoms with E-state index in [0.29, 0.717) is 16.5 Å². The van der Waals surface area contributed by atoms with Crippen LogP contribution in [-0.2, 0) is 10.8 Å². The van der Waals surface area contributed by atoms with E-state index in [1.165, 1.54) is 0 Å². The third-order valence-corrected chi connectivity index (χ3v) is 3.36. The maximum absolute atomic E-state index is 11.0. The van der Waals surface area contributed by atoms with E-state index in [9.17, 15) is 4.21 Å². The highest BCUT2D eigenvalue weighted by atomic mass is 35.5. The molecular formula is C11H17ClN2OS. The minimum Gasteiger partial charge on any atom is -0.399 e. The fraction of sp³-hybridized carbons (Fsp3) is 0.455. The van der Waals surface area contributed by atoms with Crippen molar-refractivity contribution in [2.45, 2.75) is 19.4 Å². The zero-order valence-corrected chi connectivity index (χ0v) is 11.1. The van der Waals surface area contributed by atoms with Crippen molar-refractivity contribution in [1.82, 2.24) is 0 Å². The van der Waals surface area contributed by atoms with Crippen LogP contribution in [0.5, 0.6) is 0 Å². The third kappa shape index (κ3) is 4.41. The van der Waals surface area contributed by atoms with Gasteiger partial charge >= 0.3 is 0 Å². The van der Waals surface area contributed by atoms with Gasteiger partial charge in [-0.25, -0.2) is 0 Å². The highest BCUT2D eigenvalue weighted by Gasteiger charge is 2.06. The normalized spacial score (nSPS) is 14.4. The molecule has 0 saturated heterocycles. The number of rotatable bonds is 5. The molecule has 0 bridgehead atoms. The Balaban J connectivity index is 2.55. The second-order valence-electron chi connectivity index (χ2n) is 3.85. The van der Waals surface area contributed by atoms with Gasteiger partial charge in [0.2, 0.25) is 0 Å². The Morgan fingerprint density at radius 3 is 2.81 bits per heavy atom. The summed E-state index contributed by atoms with van der Waals surface area (Å²) in [6, 6.07) is 5.62. The van der Waals surface area contributed by atoms with Gasteiger partial charge in [0.15, 0.2) is 0 Å². The molecule has 0 heterocycles. The smallest absolute Gasteiger partial charge is 0.0658 e. The van der Waals surface area contributed by atoms with Crippen molar-refractivity contribution in [1.29, 1.82) is 0 Å². The molecule has 0 fully saturated rings. The number of halogens is 1. The van der Waals surface area contributed by atoms with Crippen molar-refractivity contribution in [3.8, 4) is 0 Å². The fourth-order valence-electron chi connectivity index (χ4n) is 1.33. The third-order valence-electron chi connectivity index (χ3n) is 2.23. The van der Waals surface area contributed by atoms with Crippen LogP contribution in [0, 0.1) is 0 Å². The molecule has 0 saturated carbocycles. The first-order valence-corrected chi connectivity index (χ1v) is 7.21. The van der Waals surface area contributed by atoms with E-state index in [1.54, 1.807) is 18.4 Å². The highest BCUT2D eigenvalue weighted by molar-refractivity contribution is 7.84. The maximum atomic E-state index is 11.0. The quantitative estimate of drug-likeness (QED) is 0.800. The Morgan fingerprint density at radius 1 is 1.56 bits per heavy atom. The molecule has 2 unspecified atom stereocenters. The van der Waals surface area contributed by atoms with Crippen LogP contribution in [0.1, 0.15) is 13.3 Å². The molecule has 0 aliphatic heterocycles. The van der Waals surface area contributed by atoms with E-state index >= 15 is 0 Å². The lowest BCUT2D eigenvalue weighted by Gasteiger charge is -2.15. The number of hydrogen-bond acceptors (Lipinski definition) is 3. The fourth-order valence-corrected chi connectivity index (χ4v) is 2.26. The zero-order valence-electron chi connectivity index (χ0n) is 9.50. The molecular weight excluding hydrogens is 244 g/mol. The van der Waals surface area contributed by atoms with Crippen molar-refractivity contribution < 1.29 is 4.21 Å². The van der Waals surface area contributed by atoms with Crippen LogP contribution in [0.25, 0.3) is 0 Å². The molecule has 3 N–H and O–H groups in total. The van der Waals surface area contributed by atoms with Gasteiger partial charge in [0.1, 0.15) is 0 Å². The van der Waals surface area contributed by atoms with Crippen LogP contribution >= 0.6 is 11.6 Å². The molecule has 5 heteroatoms. The predicted octanol–water partition coefficient (Wildman–Crippen LogP) is 2.49. The second-order valence-corrected chi connectivity index (χ2v) is 5.81. The molecule has 90 valence electrons. The molecule has 0 spiro atoms. The van der Waals surface area contributed by atoms with Gasteiger partial charge in [-0.3, -0.25) is 4.21 Å². The first-order valence-electron chi connectivity index (χ1n) is 5.10. The Morgan fingerprint density at radius 2 is 2.25 bits per heavy atom. The predicted molar refractivity (Wildman–Crippen MR) is 72.5 cm³/mol. The number of benzene rings is 1. The number of nitrogens with two attached hydrogens (primary N) is 1. The van der Waals surface area contributed by atoms with Crippen LogP contribution < -0.4 is 11.1 Å². The second kappa shape index (κ2) is 6.11. The van der Waals surface area contributed by atoms with Crippen molar-refractivity contribution in [2.24, 2.45) is 0 Å². The Hall–Kier alpha value is -0.740. The minimum absolute atomic E-state index is 0.241. The molecule has 1 rings (SSSR count). The summed E-state index contributed by atoms with van der Waals surface area (Å²) in [4.78, 5) is 0. The van der Waals surface area contributed by atoms with E-state index in [0.717, 1.165) is 12.1 Å². The summed E-state index contributed by atoms with van der Waals surface area (Å²) < 4.78 is 11.0. The summed E-state index contributed by atoms with van der Waals surface area (Å²) in [5.74, 6) is 0.695. The lowest BCUT2D eigenvalue weighted by Crippen LogP contribution is -2.18. The average Bonchev–Trinajstić information content (AvgIpc) is 2.19. The molecule has 0 radical (unpaired) electrons. The van der Waals surface area contributed by atoms with Gasteiger partial charge in [0, 0.05) is 34.5 Å². The average molecular weight is 261 g/mol. The summed E-state index contributed by atoms with van der Waals surface area (Å²) in [6.45, 7) is 2.04. The molecule has 0 amide bonds. The monoisotopic (exact) mass is 260 g/mol. The van der Waals surface area contributed by atoms with Crippen LogP contribution in [0.15, 0.2) is 18.2 Å². The molecule has 3 nitrogen and oxygen atoms in total. The van der Waals surface area contributed by atoms with Gasteiger partial charge in [-0.05, 0) is 31.5 Å². The van der Waals surface area contributed by atoms with Gasteiger partial charge in [0.05, 0.1) is 10.7 Å². The molecule has 2 atom stereocenters. The largest absolute Gasteiger partial charge is 0.399 e. The summed E-state index contributed by atoms with van der Waals surface area (Å²) in [5, 5.41) is 3.89. The Kier molecular flexibility index (Phi) is 5.09. The molecule has 16 heavy (non-hydrogen) atoms. The summed E-state index contributed by atoms with van der Waals surface area (Å²) >= 11 is 6.03. The maximum Gasteiger partial charge on any atom is 0.0658 e. The van der Waals surface area contributed by atoms with E-state index in [4.69, 9.17) is 17.3 Å². The number of anilines is 2. The van der Waals surface area contributed by atoms with Crippen LogP contribution in [0.3, 0.4) is 0 Å². The first-order chi connectivity index (χ1) is 7.49. The molecule has 1 aromatic rings. The lowest BCUT2D eigenvalue weighted by molar-refractivity contribution is 0.678. The van der Waals surface area contributed by atoms with Gasteiger partial charge in [-0.1, -0.05) is 11.6 Å². The highest BCUT2D eigenvalue weighted by Crippen LogP contribution is 2.24. The SMILES string of the molecule is CC(CCS(C)=O)Nc1ccc(N)cc1Cl. The molecule has 0 aliphatic carbocycles. The minimum atomic E-state index is -0.746. The van der Waals surface area contributed by atoms with Gasteiger partial charge < -0.3 is 11.1 Å². The number of nitrogen functional groups attached to an aromatic ring is 1. The Labute approximate surface area is 104 Å². The van der Waals surface area contributed by atoms with Crippen molar-refractivity contribution in [3.63, 3.8) is 0 Å². The zero-order chi connectivity index (χ0) is 12.1. The van der Waals surface area contributed by atoms with Gasteiger partial charge in [0.25, 0.3) is 0 Å². The van der Waals surface area contributed by atoms with Crippen LogP contribution in [-0.4, -0.2) is 22.3 Å². The standard InChI is InChI=1S/C11H17ClN2OS/c1-8(5-6-16(2)15)14-11-4-3-9(13)7-10(11)12/h3-4,7-8,14H,5-6,13H2,1-2H3. The summed E-state index contributed by atoms with van der Waals surface area (Å²) in [5.41, 5.74) is 7.12. The van der Waals surface area contributed by atoms with Crippen LogP contribution in [0.4, 0.5) is 11.4 Å². The van der Waals surface area contributed by atoms with Gasteiger partial charge in [-0.15, -0.1) is 0 Å². The number of hydrogen-bond donors (Lipinski definition) is 2. The van der Waals surface area contributed by atoms with E-state index in [-0.39, 0.29) is 6.04 Å². The Bertz CT molecular complexity index is 384. The molecule has 0 aliphatic rings. The number of nitrogens with one attached hydrogen (secondary N) is 1. The van der Waals surface area contributed by atoms with Gasteiger partial charge in [-0.2, -0.15) is 0 Å². The van der Waals surface area contributed by atoms with Crippen molar-refractivity contribution in [2.75, 3.05) is 23.1 Å². The first kappa shape index (κ1) is 13.3. The molecule has 0 aromatic heterocycles. The van der Waals surface area contributed by atoms with E-state index < -0.39 is 10.8 Å². The van der Waals surface area contributed by atoms with Crippen LogP contribution in [0.2, 0.25) is 5.02 Å². The summed E-state index contributed by atoms with van der Waals surface area (Å²) in [7, 11) is -0.746. The van der Waals surface area contributed by atoms with E-state index in [2.05, 4.69) is 5.32 Å². The molecule has 1 aromatic carbocycles. The lowest BCUT2D eigenvalue weighted by atomic mass is 10.2. The van der Waals surface area contributed by atoms with Crippen molar-refractivity contribution in [3.05, 3.63) is 23.2 Å².